The summed E-state index contributed by atoms with van der Waals surface area (Å²) in [5.74, 6) is 1.41. The Hall–Kier alpha value is -3.06. The van der Waals surface area contributed by atoms with Gasteiger partial charge in [-0.25, -0.2) is 0 Å². The first-order valence-corrected chi connectivity index (χ1v) is 9.67. The van der Waals surface area contributed by atoms with Crippen LogP contribution in [0.25, 0.3) is 16.7 Å². The molecule has 0 spiro atoms. The van der Waals surface area contributed by atoms with Crippen molar-refractivity contribution < 1.29 is 0 Å². The van der Waals surface area contributed by atoms with Gasteiger partial charge in [-0.3, -0.25) is 13.8 Å². The van der Waals surface area contributed by atoms with Crippen molar-refractivity contribution in [3.63, 3.8) is 0 Å². The standard InChI is InChI=1S/C21H22N6O.ClH/c1-2-26-20(28)15-7-3-4-10-18(15)27-19(23-24-21(26)27)13-25-12-6-8-14-16(22)9-5-11-17(14)25;/h3-5,7,9-11H,2,6,8,12-13,22H2,1H3;1H. The number of rotatable bonds is 3. The van der Waals surface area contributed by atoms with Crippen LogP contribution in [0.5, 0.6) is 0 Å². The van der Waals surface area contributed by atoms with Crippen molar-refractivity contribution in [3.05, 3.63) is 64.2 Å². The van der Waals surface area contributed by atoms with Crippen LogP contribution < -0.4 is 16.2 Å². The van der Waals surface area contributed by atoms with Crippen LogP contribution in [0.3, 0.4) is 0 Å². The van der Waals surface area contributed by atoms with Gasteiger partial charge in [0.15, 0.2) is 5.82 Å². The lowest BCUT2D eigenvalue weighted by atomic mass is 10.00. The number of para-hydroxylation sites is 1. The van der Waals surface area contributed by atoms with Crippen molar-refractivity contribution in [2.45, 2.75) is 32.9 Å². The maximum Gasteiger partial charge on any atom is 0.262 e. The Bertz CT molecular complexity index is 1260. The number of anilines is 2. The fourth-order valence-corrected chi connectivity index (χ4v) is 4.26. The molecule has 0 amide bonds. The van der Waals surface area contributed by atoms with Crippen LogP contribution in [0.2, 0.25) is 0 Å². The lowest BCUT2D eigenvalue weighted by Crippen LogP contribution is -2.30. The molecular formula is C21H23ClN6O. The molecule has 1 aliphatic heterocycles. The highest BCUT2D eigenvalue weighted by molar-refractivity contribution is 5.85. The normalized spacial score (nSPS) is 13.5. The minimum Gasteiger partial charge on any atom is -0.398 e. The molecule has 0 unspecified atom stereocenters. The van der Waals surface area contributed by atoms with Crippen molar-refractivity contribution in [3.8, 4) is 0 Å². The smallest absolute Gasteiger partial charge is 0.262 e. The predicted octanol–water partition coefficient (Wildman–Crippen LogP) is 3.02. The first kappa shape index (κ1) is 19.3. The number of halogens is 1. The van der Waals surface area contributed by atoms with Gasteiger partial charge in [0.2, 0.25) is 5.78 Å². The second-order valence-electron chi connectivity index (χ2n) is 7.19. The van der Waals surface area contributed by atoms with Crippen LogP contribution in [0.1, 0.15) is 24.7 Å². The van der Waals surface area contributed by atoms with Crippen LogP contribution in [-0.4, -0.2) is 25.7 Å². The molecule has 150 valence electrons. The second-order valence-corrected chi connectivity index (χ2v) is 7.19. The first-order valence-electron chi connectivity index (χ1n) is 9.67. The SMILES string of the molecule is CCn1c(=O)c2ccccc2n2c(CN3CCCc4c(N)cccc43)nnc12.Cl. The topological polar surface area (TPSA) is 81.5 Å². The van der Waals surface area contributed by atoms with Crippen LogP contribution in [0, 0.1) is 0 Å². The van der Waals surface area contributed by atoms with E-state index in [0.717, 1.165) is 42.1 Å². The highest BCUT2D eigenvalue weighted by Gasteiger charge is 2.22. The van der Waals surface area contributed by atoms with E-state index in [9.17, 15) is 4.79 Å². The summed E-state index contributed by atoms with van der Waals surface area (Å²) >= 11 is 0. The highest BCUT2D eigenvalue weighted by Crippen LogP contribution is 2.32. The molecule has 0 radical (unpaired) electrons. The largest absolute Gasteiger partial charge is 0.398 e. The van der Waals surface area contributed by atoms with Gasteiger partial charge in [0.05, 0.1) is 17.4 Å². The molecule has 2 N–H and O–H groups in total. The van der Waals surface area contributed by atoms with Gasteiger partial charge in [-0.1, -0.05) is 18.2 Å². The Kier molecular flexibility index (Phi) is 4.92. The molecule has 2 aromatic heterocycles. The Morgan fingerprint density at radius 1 is 1.10 bits per heavy atom. The summed E-state index contributed by atoms with van der Waals surface area (Å²) in [7, 11) is 0. The van der Waals surface area contributed by atoms with Crippen molar-refractivity contribution in [1.82, 2.24) is 19.2 Å². The van der Waals surface area contributed by atoms with Gasteiger partial charge in [-0.2, -0.15) is 0 Å². The fraction of sp³-hybridized carbons (Fsp3) is 0.286. The van der Waals surface area contributed by atoms with Gasteiger partial charge in [0.25, 0.3) is 5.56 Å². The zero-order valence-electron chi connectivity index (χ0n) is 16.2. The average molecular weight is 411 g/mol. The van der Waals surface area contributed by atoms with Gasteiger partial charge >= 0.3 is 0 Å². The van der Waals surface area contributed by atoms with Gasteiger partial charge in [-0.15, -0.1) is 22.6 Å². The molecule has 29 heavy (non-hydrogen) atoms. The van der Waals surface area contributed by atoms with Crippen LogP contribution in [0.15, 0.2) is 47.3 Å². The Labute approximate surface area is 174 Å². The summed E-state index contributed by atoms with van der Waals surface area (Å²) in [6.45, 7) is 4.06. The summed E-state index contributed by atoms with van der Waals surface area (Å²) in [5.41, 5.74) is 10.2. The van der Waals surface area contributed by atoms with Gasteiger partial charge in [-0.05, 0) is 49.6 Å². The molecular weight excluding hydrogens is 388 g/mol. The van der Waals surface area contributed by atoms with E-state index in [1.54, 1.807) is 4.57 Å². The molecule has 4 aromatic rings. The number of hydrogen-bond donors (Lipinski definition) is 1. The maximum atomic E-state index is 12.8. The number of nitrogens with two attached hydrogens (primary N) is 1. The molecule has 0 bridgehead atoms. The third-order valence-electron chi connectivity index (χ3n) is 5.61. The summed E-state index contributed by atoms with van der Waals surface area (Å²) in [6, 6.07) is 13.7. The number of benzene rings is 2. The molecule has 0 atom stereocenters. The molecule has 0 fully saturated rings. The van der Waals surface area contributed by atoms with E-state index in [-0.39, 0.29) is 18.0 Å². The van der Waals surface area contributed by atoms with E-state index >= 15 is 0 Å². The van der Waals surface area contributed by atoms with E-state index in [1.807, 2.05) is 47.7 Å². The van der Waals surface area contributed by atoms with Crippen molar-refractivity contribution >= 4 is 40.5 Å². The lowest BCUT2D eigenvalue weighted by molar-refractivity contribution is 0.671. The maximum absolute atomic E-state index is 12.8. The molecule has 8 heteroatoms. The first-order chi connectivity index (χ1) is 13.7. The monoisotopic (exact) mass is 410 g/mol. The minimum atomic E-state index is -0.0272. The molecule has 0 aliphatic carbocycles. The summed E-state index contributed by atoms with van der Waals surface area (Å²) in [6.07, 6.45) is 2.05. The van der Waals surface area contributed by atoms with Crippen LogP contribution in [-0.2, 0) is 19.5 Å². The zero-order valence-corrected chi connectivity index (χ0v) is 17.0. The predicted molar refractivity (Wildman–Crippen MR) is 118 cm³/mol. The van der Waals surface area contributed by atoms with E-state index in [1.165, 1.54) is 5.56 Å². The summed E-state index contributed by atoms with van der Waals surface area (Å²) < 4.78 is 3.70. The van der Waals surface area contributed by atoms with Gasteiger partial charge < -0.3 is 10.6 Å². The zero-order chi connectivity index (χ0) is 19.3. The molecule has 0 saturated carbocycles. The van der Waals surface area contributed by atoms with E-state index < -0.39 is 0 Å². The number of aryl methyl sites for hydroxylation is 1. The van der Waals surface area contributed by atoms with Gasteiger partial charge in [0.1, 0.15) is 0 Å². The minimum absolute atomic E-state index is 0. The van der Waals surface area contributed by atoms with Crippen molar-refractivity contribution in [1.29, 1.82) is 0 Å². The highest BCUT2D eigenvalue weighted by atomic mass is 35.5. The van der Waals surface area contributed by atoms with E-state index in [4.69, 9.17) is 5.73 Å². The van der Waals surface area contributed by atoms with Crippen LogP contribution >= 0.6 is 12.4 Å². The number of hydrogen-bond acceptors (Lipinski definition) is 5. The molecule has 2 aromatic carbocycles. The van der Waals surface area contributed by atoms with E-state index in [2.05, 4.69) is 21.2 Å². The Balaban J connectivity index is 0.00000205. The molecule has 5 rings (SSSR count). The third kappa shape index (κ3) is 2.93. The fourth-order valence-electron chi connectivity index (χ4n) is 4.26. The van der Waals surface area contributed by atoms with E-state index in [0.29, 0.717) is 24.3 Å². The average Bonchev–Trinajstić information content (AvgIpc) is 3.13. The second kappa shape index (κ2) is 7.40. The van der Waals surface area contributed by atoms with Gasteiger partial charge in [0, 0.05) is 24.5 Å². The summed E-state index contributed by atoms with van der Waals surface area (Å²) in [5, 5.41) is 9.51. The Morgan fingerprint density at radius 2 is 1.93 bits per heavy atom. The third-order valence-corrected chi connectivity index (χ3v) is 5.61. The summed E-state index contributed by atoms with van der Waals surface area (Å²) in [4.78, 5) is 15.1. The molecule has 0 saturated heterocycles. The number of nitrogen functional groups attached to an aromatic ring is 1. The lowest BCUT2D eigenvalue weighted by Gasteiger charge is -2.31. The molecule has 1 aliphatic rings. The van der Waals surface area contributed by atoms with Crippen molar-refractivity contribution in [2.75, 3.05) is 17.2 Å². The Morgan fingerprint density at radius 3 is 2.76 bits per heavy atom. The quantitative estimate of drug-likeness (QED) is 0.525. The number of fused-ring (bicyclic) bond motifs is 4. The van der Waals surface area contributed by atoms with Crippen LogP contribution in [0.4, 0.5) is 11.4 Å². The number of nitrogens with zero attached hydrogens (tertiary/aromatic N) is 5. The molecule has 3 heterocycles. The number of aromatic nitrogens is 4. The van der Waals surface area contributed by atoms with Crippen molar-refractivity contribution in [2.24, 2.45) is 0 Å². The molecule has 7 nitrogen and oxygen atoms in total.